The molecule has 0 unspecified atom stereocenters. The van der Waals surface area contributed by atoms with Crippen molar-refractivity contribution >= 4 is 34.4 Å². The molecule has 0 radical (unpaired) electrons. The number of nitrogens with zero attached hydrogens (tertiary/aromatic N) is 3. The maximum atomic E-state index is 11.1. The second kappa shape index (κ2) is 5.93. The van der Waals surface area contributed by atoms with E-state index in [4.69, 9.17) is 5.11 Å². The second-order valence-corrected chi connectivity index (χ2v) is 5.13. The highest BCUT2D eigenvalue weighted by Crippen LogP contribution is 2.22. The lowest BCUT2D eigenvalue weighted by molar-refractivity contribution is -0.114. The van der Waals surface area contributed by atoms with Crippen LogP contribution in [0.4, 0.5) is 5.69 Å². The Balaban J connectivity index is 2.16. The third-order valence-electron chi connectivity index (χ3n) is 2.45. The van der Waals surface area contributed by atoms with E-state index in [0.29, 0.717) is 10.9 Å². The highest BCUT2D eigenvalue weighted by Gasteiger charge is 2.23. The molecule has 8 heteroatoms. The fourth-order valence-corrected chi connectivity index (χ4v) is 2.35. The zero-order valence-corrected chi connectivity index (χ0v) is 11.8. The Labute approximate surface area is 120 Å². The number of rotatable bonds is 4. The normalized spacial score (nSPS) is 14.4. The molecular weight excluding hydrogens is 280 g/mol. The van der Waals surface area contributed by atoms with Gasteiger partial charge in [0.15, 0.2) is 0 Å². The van der Waals surface area contributed by atoms with Crippen LogP contribution in [0.25, 0.3) is 0 Å². The zero-order valence-electron chi connectivity index (χ0n) is 11.0. The minimum absolute atomic E-state index is 0.0634. The van der Waals surface area contributed by atoms with E-state index < -0.39 is 5.97 Å². The van der Waals surface area contributed by atoms with E-state index in [0.717, 1.165) is 5.69 Å². The number of carbonyl (C=O) groups excluding carboxylic acids is 1. The third-order valence-corrected chi connectivity index (χ3v) is 3.52. The first kappa shape index (κ1) is 14.4. The topological polar surface area (TPSA) is 85.2 Å². The number of amidine groups is 1. The van der Waals surface area contributed by atoms with E-state index in [9.17, 15) is 9.59 Å². The Kier molecular flexibility index (Phi) is 4.26. The number of hydrazine groups is 2. The molecule has 2 N–H and O–H groups in total. The Bertz CT molecular complexity index is 558. The Hall–Kier alpha value is -2.06. The van der Waals surface area contributed by atoms with Gasteiger partial charge in [-0.25, -0.2) is 14.9 Å². The molecule has 20 heavy (non-hydrogen) atoms. The maximum absolute atomic E-state index is 11.1. The van der Waals surface area contributed by atoms with Gasteiger partial charge in [-0.15, -0.1) is 10.6 Å². The first-order valence-corrected chi connectivity index (χ1v) is 6.80. The Morgan fingerprint density at radius 3 is 2.55 bits per heavy atom. The van der Waals surface area contributed by atoms with Gasteiger partial charge in [-0.3, -0.25) is 4.79 Å². The first-order valence-electron chi connectivity index (χ1n) is 5.81. The molecule has 2 rings (SSSR count). The molecule has 1 aromatic carbocycles. The minimum atomic E-state index is -0.970. The number of hydrogen-bond donors (Lipinski definition) is 2. The molecule has 106 valence electrons. The Morgan fingerprint density at radius 1 is 1.35 bits per heavy atom. The van der Waals surface area contributed by atoms with Gasteiger partial charge in [0.25, 0.3) is 0 Å². The van der Waals surface area contributed by atoms with Crippen LogP contribution < -0.4 is 10.5 Å². The van der Waals surface area contributed by atoms with Gasteiger partial charge in [0, 0.05) is 7.05 Å². The largest absolute Gasteiger partial charge is 0.478 e. The quantitative estimate of drug-likeness (QED) is 0.861. The van der Waals surface area contributed by atoms with Crippen LogP contribution in [-0.4, -0.2) is 39.9 Å². The number of benzene rings is 1. The molecule has 0 saturated heterocycles. The molecule has 7 nitrogen and oxygen atoms in total. The molecule has 0 bridgehead atoms. The summed E-state index contributed by atoms with van der Waals surface area (Å²) in [5, 5.41) is 17.0. The fraction of sp³-hybridized carbons (Fsp3) is 0.250. The number of carboxylic acid groups (broad SMARTS) is 1. The fourth-order valence-electron chi connectivity index (χ4n) is 1.56. The molecule has 1 aliphatic rings. The highest BCUT2D eigenvalue weighted by atomic mass is 32.2. The van der Waals surface area contributed by atoms with Crippen molar-refractivity contribution in [3.05, 3.63) is 29.8 Å². The van der Waals surface area contributed by atoms with Gasteiger partial charge in [-0.05, 0) is 31.2 Å². The maximum Gasteiger partial charge on any atom is 0.335 e. The van der Waals surface area contributed by atoms with Gasteiger partial charge in [-0.2, -0.15) is 0 Å². The number of thioether (sulfide) groups is 1. The molecule has 0 spiro atoms. The predicted molar refractivity (Wildman–Crippen MR) is 77.4 cm³/mol. The smallest absolute Gasteiger partial charge is 0.335 e. The SMILES string of the molecule is CC(=O)CSC1=NN(C)NN1c1ccc(C(=O)O)cc1. The zero-order chi connectivity index (χ0) is 14.7. The lowest BCUT2D eigenvalue weighted by Gasteiger charge is -2.20. The van der Waals surface area contributed by atoms with Crippen molar-refractivity contribution in [1.82, 2.24) is 10.7 Å². The molecule has 0 fully saturated rings. The number of anilines is 1. The van der Waals surface area contributed by atoms with E-state index in [1.807, 2.05) is 0 Å². The number of hydrazone groups is 1. The van der Waals surface area contributed by atoms with Crippen molar-refractivity contribution in [1.29, 1.82) is 0 Å². The molecular formula is C12H14N4O3S. The van der Waals surface area contributed by atoms with E-state index >= 15 is 0 Å². The summed E-state index contributed by atoms with van der Waals surface area (Å²) in [5.74, 6) is -0.575. The Morgan fingerprint density at radius 2 is 2.00 bits per heavy atom. The number of ketones is 1. The average molecular weight is 294 g/mol. The summed E-state index contributed by atoms with van der Waals surface area (Å²) in [7, 11) is 1.74. The van der Waals surface area contributed by atoms with Gasteiger partial charge < -0.3 is 5.11 Å². The number of carbonyl (C=O) groups is 2. The first-order chi connectivity index (χ1) is 9.47. The van der Waals surface area contributed by atoms with Gasteiger partial charge in [0.1, 0.15) is 5.78 Å². The number of Topliss-reactive ketones (excluding diaryl/α,β-unsaturated/α-hetero) is 1. The standard InChI is InChI=1S/C12H14N4O3S/c1-8(17)7-20-12-13-15(2)14-16(12)10-5-3-9(4-6-10)11(18)19/h3-6,14H,7H2,1-2H3,(H,18,19). The van der Waals surface area contributed by atoms with Crippen molar-refractivity contribution in [2.45, 2.75) is 6.92 Å². The average Bonchev–Trinajstić information content (AvgIpc) is 2.77. The summed E-state index contributed by atoms with van der Waals surface area (Å²) < 4.78 is 0. The summed E-state index contributed by atoms with van der Waals surface area (Å²) in [4.78, 5) is 21.9. The van der Waals surface area contributed by atoms with E-state index in [1.54, 1.807) is 24.2 Å². The van der Waals surface area contributed by atoms with Gasteiger partial charge >= 0.3 is 5.97 Å². The number of nitrogens with one attached hydrogen (secondary N) is 1. The van der Waals surface area contributed by atoms with Gasteiger partial charge in [0.05, 0.1) is 17.0 Å². The summed E-state index contributed by atoms with van der Waals surface area (Å²) in [6.07, 6.45) is 0. The number of hydrogen-bond acceptors (Lipinski definition) is 7. The molecule has 0 atom stereocenters. The van der Waals surface area contributed by atoms with Crippen molar-refractivity contribution in [3.63, 3.8) is 0 Å². The van der Waals surface area contributed by atoms with E-state index in [1.165, 1.54) is 35.9 Å². The third kappa shape index (κ3) is 3.28. The molecule has 1 heterocycles. The van der Waals surface area contributed by atoms with Crippen LogP contribution in [-0.2, 0) is 4.79 Å². The van der Waals surface area contributed by atoms with Crippen LogP contribution in [0.2, 0.25) is 0 Å². The molecule has 0 saturated carbocycles. The minimum Gasteiger partial charge on any atom is -0.478 e. The van der Waals surface area contributed by atoms with Crippen molar-refractivity contribution in [2.75, 3.05) is 17.8 Å². The second-order valence-electron chi connectivity index (χ2n) is 4.18. The summed E-state index contributed by atoms with van der Waals surface area (Å²) in [6.45, 7) is 1.52. The van der Waals surface area contributed by atoms with Gasteiger partial charge in [-0.1, -0.05) is 11.8 Å². The predicted octanol–water partition coefficient (Wildman–Crippen LogP) is 1.15. The van der Waals surface area contributed by atoms with Crippen LogP contribution in [0.5, 0.6) is 0 Å². The van der Waals surface area contributed by atoms with Crippen molar-refractivity contribution in [3.8, 4) is 0 Å². The highest BCUT2D eigenvalue weighted by molar-refractivity contribution is 8.14. The van der Waals surface area contributed by atoms with Crippen LogP contribution in [0, 0.1) is 0 Å². The van der Waals surface area contributed by atoms with Crippen molar-refractivity contribution < 1.29 is 14.7 Å². The molecule has 0 aromatic heterocycles. The van der Waals surface area contributed by atoms with Crippen LogP contribution in [0.15, 0.2) is 29.4 Å². The molecule has 1 aromatic rings. The molecule has 0 amide bonds. The molecule has 1 aliphatic heterocycles. The van der Waals surface area contributed by atoms with Crippen LogP contribution >= 0.6 is 11.8 Å². The summed E-state index contributed by atoms with van der Waals surface area (Å²) in [5.41, 5.74) is 3.94. The van der Waals surface area contributed by atoms with E-state index in [-0.39, 0.29) is 11.3 Å². The summed E-state index contributed by atoms with van der Waals surface area (Å²) in [6, 6.07) is 6.40. The number of aromatic carboxylic acids is 1. The lowest BCUT2D eigenvalue weighted by atomic mass is 10.2. The lowest BCUT2D eigenvalue weighted by Crippen LogP contribution is -2.41. The van der Waals surface area contributed by atoms with Crippen LogP contribution in [0.3, 0.4) is 0 Å². The van der Waals surface area contributed by atoms with E-state index in [2.05, 4.69) is 10.6 Å². The monoisotopic (exact) mass is 294 g/mol. The number of carboxylic acids is 1. The van der Waals surface area contributed by atoms with Crippen LogP contribution in [0.1, 0.15) is 17.3 Å². The van der Waals surface area contributed by atoms with Gasteiger partial charge in [0.2, 0.25) is 5.17 Å². The van der Waals surface area contributed by atoms with Crippen molar-refractivity contribution in [2.24, 2.45) is 5.10 Å². The molecule has 0 aliphatic carbocycles. The summed E-state index contributed by atoms with van der Waals surface area (Å²) >= 11 is 1.32.